The smallest absolute Gasteiger partial charge is 0.244 e. The zero-order chi connectivity index (χ0) is 16.8. The van der Waals surface area contributed by atoms with Gasteiger partial charge in [-0.25, -0.2) is 21.6 Å². The van der Waals surface area contributed by atoms with E-state index >= 15 is 0 Å². The highest BCUT2D eigenvalue weighted by molar-refractivity contribution is 7.92. The van der Waals surface area contributed by atoms with Crippen LogP contribution in [-0.4, -0.2) is 52.5 Å². The molecule has 2 N–H and O–H groups in total. The van der Waals surface area contributed by atoms with Crippen LogP contribution in [-0.2, 0) is 20.0 Å². The second kappa shape index (κ2) is 5.57. The molecule has 124 valence electrons. The molecule has 0 bridgehead atoms. The lowest BCUT2D eigenvalue weighted by atomic mass is 9.90. The Hall–Kier alpha value is -1.00. The van der Waals surface area contributed by atoms with E-state index < -0.39 is 31.6 Å². The van der Waals surface area contributed by atoms with Crippen LogP contribution in [0.2, 0.25) is 0 Å². The Balaban J connectivity index is 2.53. The summed E-state index contributed by atoms with van der Waals surface area (Å²) in [6.45, 7) is 3.61. The van der Waals surface area contributed by atoms with Crippen molar-refractivity contribution in [1.29, 1.82) is 0 Å². The molecule has 1 atom stereocenters. The van der Waals surface area contributed by atoms with E-state index in [1.54, 1.807) is 13.8 Å². The van der Waals surface area contributed by atoms with Crippen LogP contribution < -0.4 is 4.72 Å². The molecule has 0 aromatic heterocycles. The molecule has 2 rings (SSSR count). The van der Waals surface area contributed by atoms with Gasteiger partial charge < -0.3 is 5.11 Å². The van der Waals surface area contributed by atoms with Gasteiger partial charge in [-0.05, 0) is 19.2 Å². The van der Waals surface area contributed by atoms with Crippen molar-refractivity contribution in [2.45, 2.75) is 29.7 Å². The van der Waals surface area contributed by atoms with E-state index in [2.05, 4.69) is 4.72 Å². The van der Waals surface area contributed by atoms with Crippen LogP contribution in [0.4, 0.5) is 0 Å². The molecule has 1 aromatic rings. The van der Waals surface area contributed by atoms with Crippen molar-refractivity contribution < 1.29 is 21.9 Å². The first-order valence-electron chi connectivity index (χ1n) is 6.73. The summed E-state index contributed by atoms with van der Waals surface area (Å²) in [5.41, 5.74) is -0.579. The molecule has 1 saturated heterocycles. The van der Waals surface area contributed by atoms with Crippen LogP contribution in [0.25, 0.3) is 0 Å². The first-order chi connectivity index (χ1) is 10.0. The topological polar surface area (TPSA) is 104 Å². The van der Waals surface area contributed by atoms with Crippen LogP contribution in [0.5, 0.6) is 0 Å². The number of hydrogen-bond acceptors (Lipinski definition) is 5. The lowest BCUT2D eigenvalue weighted by Gasteiger charge is -2.21. The fourth-order valence-electron chi connectivity index (χ4n) is 2.38. The number of β-amino-alcohol motifs (C(OH)–C–C–N with tert-alkyl or cyclic N) is 1. The fraction of sp³-hybridized carbons (Fsp3) is 0.538. The highest BCUT2D eigenvalue weighted by Gasteiger charge is 2.44. The molecule has 0 radical (unpaired) electrons. The summed E-state index contributed by atoms with van der Waals surface area (Å²) >= 11 is 0. The molecule has 0 spiro atoms. The number of aliphatic hydroxyl groups is 1. The molecule has 0 saturated carbocycles. The Morgan fingerprint density at radius 2 is 1.73 bits per heavy atom. The normalized spacial score (nSPS) is 22.8. The summed E-state index contributed by atoms with van der Waals surface area (Å²) in [7, 11) is -6.69. The molecular formula is C13H20N2O5S2. The van der Waals surface area contributed by atoms with Crippen LogP contribution in [0.15, 0.2) is 34.1 Å². The average Bonchev–Trinajstić information content (AvgIpc) is 2.73. The highest BCUT2D eigenvalue weighted by atomic mass is 32.2. The minimum Gasteiger partial charge on any atom is -0.391 e. The van der Waals surface area contributed by atoms with E-state index in [9.17, 15) is 21.9 Å². The number of aliphatic hydroxyl groups excluding tert-OH is 1. The Bertz CT molecular complexity index is 771. The molecule has 0 amide bonds. The lowest BCUT2D eigenvalue weighted by molar-refractivity contribution is 0.0960. The van der Waals surface area contributed by atoms with Gasteiger partial charge in [0.1, 0.15) is 9.79 Å². The van der Waals surface area contributed by atoms with Crippen LogP contribution >= 0.6 is 0 Å². The zero-order valence-electron chi connectivity index (χ0n) is 12.6. The standard InChI is InChI=1S/C13H20N2O5S2/c1-13(2)9-15(8-12(13)16)22(19,20)11-7-5-4-6-10(11)21(17,18)14-3/h4-7,12,14,16H,8-9H2,1-3H3/t12-/m0/s1. The number of benzene rings is 1. The first-order valence-corrected chi connectivity index (χ1v) is 9.65. The summed E-state index contributed by atoms with van der Waals surface area (Å²) in [5.74, 6) is 0. The van der Waals surface area contributed by atoms with Crippen molar-refractivity contribution in [2.75, 3.05) is 20.1 Å². The minimum atomic E-state index is -4.01. The van der Waals surface area contributed by atoms with Gasteiger partial charge in [-0.1, -0.05) is 26.0 Å². The third-order valence-electron chi connectivity index (χ3n) is 3.89. The maximum Gasteiger partial charge on any atom is 0.244 e. The molecule has 22 heavy (non-hydrogen) atoms. The summed E-state index contributed by atoms with van der Waals surface area (Å²) in [4.78, 5) is -0.578. The van der Waals surface area contributed by atoms with Gasteiger partial charge in [0.05, 0.1) is 6.10 Å². The van der Waals surface area contributed by atoms with E-state index in [1.807, 2.05) is 0 Å². The van der Waals surface area contributed by atoms with Gasteiger partial charge in [-0.15, -0.1) is 0 Å². The van der Waals surface area contributed by atoms with Crippen molar-refractivity contribution in [3.05, 3.63) is 24.3 Å². The Morgan fingerprint density at radius 3 is 2.18 bits per heavy atom. The predicted octanol–water partition coefficient (Wildman–Crippen LogP) is -0.0139. The summed E-state index contributed by atoms with van der Waals surface area (Å²) in [6.07, 6.45) is -0.796. The van der Waals surface area contributed by atoms with Gasteiger partial charge in [0.2, 0.25) is 20.0 Å². The zero-order valence-corrected chi connectivity index (χ0v) is 14.3. The molecule has 1 fully saturated rings. The third-order valence-corrected chi connectivity index (χ3v) is 7.36. The van der Waals surface area contributed by atoms with Gasteiger partial charge in [0, 0.05) is 18.5 Å². The van der Waals surface area contributed by atoms with Crippen LogP contribution in [0, 0.1) is 5.41 Å². The second-order valence-corrected chi connectivity index (χ2v) is 9.72. The van der Waals surface area contributed by atoms with Gasteiger partial charge in [-0.2, -0.15) is 4.31 Å². The number of rotatable bonds is 4. The number of sulfonamides is 2. The highest BCUT2D eigenvalue weighted by Crippen LogP contribution is 2.34. The molecule has 1 aromatic carbocycles. The van der Waals surface area contributed by atoms with Gasteiger partial charge in [-0.3, -0.25) is 0 Å². The summed E-state index contributed by atoms with van der Waals surface area (Å²) in [5, 5.41) is 9.98. The van der Waals surface area contributed by atoms with Gasteiger partial charge in [0.25, 0.3) is 0 Å². The molecule has 1 aliphatic heterocycles. The van der Waals surface area contributed by atoms with Crippen LogP contribution in [0.1, 0.15) is 13.8 Å². The van der Waals surface area contributed by atoms with E-state index in [-0.39, 0.29) is 22.9 Å². The summed E-state index contributed by atoms with van der Waals surface area (Å²) < 4.78 is 52.9. The average molecular weight is 348 g/mol. The first kappa shape index (κ1) is 17.4. The van der Waals surface area contributed by atoms with Gasteiger partial charge >= 0.3 is 0 Å². The maximum atomic E-state index is 12.8. The Labute approximate surface area is 131 Å². The molecule has 0 aliphatic carbocycles. The molecule has 9 heteroatoms. The Morgan fingerprint density at radius 1 is 1.18 bits per heavy atom. The second-order valence-electron chi connectivity index (χ2n) is 5.96. The molecule has 7 nitrogen and oxygen atoms in total. The minimum absolute atomic E-state index is 0.0523. The van der Waals surface area contributed by atoms with Crippen molar-refractivity contribution in [1.82, 2.24) is 9.03 Å². The lowest BCUT2D eigenvalue weighted by Crippen LogP contribution is -2.32. The van der Waals surface area contributed by atoms with Crippen molar-refractivity contribution in [3.63, 3.8) is 0 Å². The number of nitrogens with one attached hydrogen (secondary N) is 1. The number of hydrogen-bond donors (Lipinski definition) is 2. The van der Waals surface area contributed by atoms with E-state index in [0.29, 0.717) is 0 Å². The van der Waals surface area contributed by atoms with Crippen molar-refractivity contribution >= 4 is 20.0 Å². The monoisotopic (exact) mass is 348 g/mol. The maximum absolute atomic E-state index is 12.8. The number of nitrogens with zero attached hydrogens (tertiary/aromatic N) is 1. The summed E-state index contributed by atoms with van der Waals surface area (Å²) in [6, 6.07) is 5.44. The fourth-order valence-corrected chi connectivity index (χ4v) is 5.53. The molecular weight excluding hydrogens is 328 g/mol. The predicted molar refractivity (Wildman–Crippen MR) is 81.2 cm³/mol. The van der Waals surface area contributed by atoms with Crippen molar-refractivity contribution in [3.8, 4) is 0 Å². The van der Waals surface area contributed by atoms with Crippen LogP contribution in [0.3, 0.4) is 0 Å². The quantitative estimate of drug-likeness (QED) is 0.796. The van der Waals surface area contributed by atoms with E-state index in [4.69, 9.17) is 0 Å². The van der Waals surface area contributed by atoms with Gasteiger partial charge in [0.15, 0.2) is 0 Å². The SMILES string of the molecule is CNS(=O)(=O)c1ccccc1S(=O)(=O)N1C[C@H](O)C(C)(C)C1. The van der Waals surface area contributed by atoms with E-state index in [1.165, 1.54) is 31.3 Å². The van der Waals surface area contributed by atoms with Crippen molar-refractivity contribution in [2.24, 2.45) is 5.41 Å². The van der Waals surface area contributed by atoms with E-state index in [0.717, 1.165) is 4.31 Å². The largest absolute Gasteiger partial charge is 0.391 e. The third kappa shape index (κ3) is 2.91. The molecule has 1 heterocycles. The molecule has 0 unspecified atom stereocenters. The Kier molecular flexibility index (Phi) is 4.39. The molecule has 1 aliphatic rings.